The van der Waals surface area contributed by atoms with Gasteiger partial charge in [-0.25, -0.2) is 4.79 Å². The van der Waals surface area contributed by atoms with Gasteiger partial charge in [0.1, 0.15) is 0 Å². The van der Waals surface area contributed by atoms with Crippen molar-refractivity contribution in [2.45, 2.75) is 58.3 Å². The average Bonchev–Trinajstić information content (AvgIpc) is 2.52. The summed E-state index contributed by atoms with van der Waals surface area (Å²) in [5.74, 6) is -0.920. The van der Waals surface area contributed by atoms with Crippen molar-refractivity contribution in [3.8, 4) is 0 Å². The van der Waals surface area contributed by atoms with Crippen LogP contribution in [0.3, 0.4) is 0 Å². The monoisotopic (exact) mass is 303 g/mol. The summed E-state index contributed by atoms with van der Waals surface area (Å²) in [6.07, 6.45) is 13.4. The molecule has 0 bridgehead atoms. The molecule has 3 nitrogen and oxygen atoms in total. The molecule has 22 heavy (non-hydrogen) atoms. The van der Waals surface area contributed by atoms with E-state index in [2.05, 4.69) is 12.2 Å². The molecule has 1 aromatic carbocycles. The Morgan fingerprint density at radius 1 is 1.00 bits per heavy atom. The Bertz CT molecular complexity index is 437. The number of anilines is 1. The molecule has 0 radical (unpaired) electrons. The standard InChI is InChI=1S/C19H29NO2/c1-2-3-4-5-6-7-8-9-16-20-18-13-10-17(11-14-18)12-15-19(21)22/h10-15,20H,2-9,16H2,1H3,(H,21,22)/b15-12+. The first-order chi connectivity index (χ1) is 10.7. The Labute approximate surface area is 134 Å². The van der Waals surface area contributed by atoms with Gasteiger partial charge in [-0.2, -0.15) is 0 Å². The van der Waals surface area contributed by atoms with Crippen molar-refractivity contribution in [2.75, 3.05) is 11.9 Å². The van der Waals surface area contributed by atoms with E-state index in [1.807, 2.05) is 24.3 Å². The quantitative estimate of drug-likeness (QED) is 0.405. The van der Waals surface area contributed by atoms with Crippen LogP contribution in [-0.4, -0.2) is 17.6 Å². The fraction of sp³-hybridized carbons (Fsp3) is 0.526. The van der Waals surface area contributed by atoms with E-state index in [-0.39, 0.29) is 0 Å². The summed E-state index contributed by atoms with van der Waals surface area (Å²) in [5, 5.41) is 12.0. The van der Waals surface area contributed by atoms with E-state index in [4.69, 9.17) is 5.11 Å². The summed E-state index contributed by atoms with van der Waals surface area (Å²) in [7, 11) is 0. The first-order valence-electron chi connectivity index (χ1n) is 8.47. The molecule has 0 amide bonds. The molecule has 0 aliphatic carbocycles. The van der Waals surface area contributed by atoms with E-state index in [0.717, 1.165) is 23.9 Å². The molecule has 3 heteroatoms. The summed E-state index contributed by atoms with van der Waals surface area (Å²) < 4.78 is 0. The number of aliphatic carboxylic acids is 1. The zero-order valence-electron chi connectivity index (χ0n) is 13.7. The van der Waals surface area contributed by atoms with E-state index in [0.29, 0.717) is 0 Å². The van der Waals surface area contributed by atoms with E-state index in [1.165, 1.54) is 51.4 Å². The number of hydrogen-bond acceptors (Lipinski definition) is 2. The molecule has 1 aromatic rings. The second kappa shape index (κ2) is 11.8. The van der Waals surface area contributed by atoms with Crippen molar-refractivity contribution in [3.63, 3.8) is 0 Å². The summed E-state index contributed by atoms with van der Waals surface area (Å²) in [4.78, 5) is 10.4. The van der Waals surface area contributed by atoms with Gasteiger partial charge in [0.25, 0.3) is 0 Å². The number of carboxylic acids is 1. The second-order valence-corrected chi connectivity index (χ2v) is 5.70. The van der Waals surface area contributed by atoms with Gasteiger partial charge in [-0.1, -0.05) is 64.0 Å². The highest BCUT2D eigenvalue weighted by molar-refractivity contribution is 5.85. The predicted octanol–water partition coefficient (Wildman–Crippen LogP) is 5.34. The maximum absolute atomic E-state index is 10.4. The first-order valence-corrected chi connectivity index (χ1v) is 8.47. The number of benzene rings is 1. The number of hydrogen-bond donors (Lipinski definition) is 2. The van der Waals surface area contributed by atoms with Crippen molar-refractivity contribution in [2.24, 2.45) is 0 Å². The van der Waals surface area contributed by atoms with Gasteiger partial charge in [0.2, 0.25) is 0 Å². The Morgan fingerprint density at radius 2 is 1.59 bits per heavy atom. The zero-order valence-corrected chi connectivity index (χ0v) is 13.7. The minimum Gasteiger partial charge on any atom is -0.478 e. The molecule has 2 N–H and O–H groups in total. The lowest BCUT2D eigenvalue weighted by Crippen LogP contribution is -2.01. The fourth-order valence-corrected chi connectivity index (χ4v) is 2.37. The van der Waals surface area contributed by atoms with Crippen molar-refractivity contribution in [1.82, 2.24) is 0 Å². The lowest BCUT2D eigenvalue weighted by Gasteiger charge is -2.06. The average molecular weight is 303 g/mol. The van der Waals surface area contributed by atoms with E-state index >= 15 is 0 Å². The summed E-state index contributed by atoms with van der Waals surface area (Å²) in [6, 6.07) is 7.84. The van der Waals surface area contributed by atoms with Crippen molar-refractivity contribution in [1.29, 1.82) is 0 Å². The van der Waals surface area contributed by atoms with E-state index in [1.54, 1.807) is 6.08 Å². The van der Waals surface area contributed by atoms with Crippen LogP contribution in [0.1, 0.15) is 63.9 Å². The van der Waals surface area contributed by atoms with Crippen molar-refractivity contribution < 1.29 is 9.90 Å². The number of unbranched alkanes of at least 4 members (excludes halogenated alkanes) is 7. The van der Waals surface area contributed by atoms with Crippen LogP contribution >= 0.6 is 0 Å². The summed E-state index contributed by atoms with van der Waals surface area (Å²) in [6.45, 7) is 3.25. The van der Waals surface area contributed by atoms with Crippen LogP contribution in [0.25, 0.3) is 6.08 Å². The van der Waals surface area contributed by atoms with Gasteiger partial charge in [-0.15, -0.1) is 0 Å². The van der Waals surface area contributed by atoms with Crippen LogP contribution in [0.15, 0.2) is 30.3 Å². The molecule has 0 saturated heterocycles. The highest BCUT2D eigenvalue weighted by Gasteiger charge is 1.94. The Balaban J connectivity index is 2.09. The maximum atomic E-state index is 10.4. The third-order valence-electron chi connectivity index (χ3n) is 3.69. The van der Waals surface area contributed by atoms with Crippen molar-refractivity contribution in [3.05, 3.63) is 35.9 Å². The van der Waals surface area contributed by atoms with Crippen LogP contribution in [-0.2, 0) is 4.79 Å². The van der Waals surface area contributed by atoms with Gasteiger partial charge in [-0.3, -0.25) is 0 Å². The third kappa shape index (κ3) is 9.22. The molecular formula is C19H29NO2. The van der Waals surface area contributed by atoms with Crippen LogP contribution in [0, 0.1) is 0 Å². The Morgan fingerprint density at radius 3 is 2.18 bits per heavy atom. The molecule has 0 heterocycles. The lowest BCUT2D eigenvalue weighted by molar-refractivity contribution is -0.131. The number of rotatable bonds is 12. The smallest absolute Gasteiger partial charge is 0.328 e. The van der Waals surface area contributed by atoms with Crippen LogP contribution in [0.5, 0.6) is 0 Å². The summed E-state index contributed by atoms with van der Waals surface area (Å²) in [5.41, 5.74) is 2.00. The van der Waals surface area contributed by atoms with E-state index in [9.17, 15) is 4.79 Å². The number of carboxylic acid groups (broad SMARTS) is 1. The van der Waals surface area contributed by atoms with Gasteiger partial charge in [0.05, 0.1) is 0 Å². The Kier molecular flexibility index (Phi) is 9.84. The van der Waals surface area contributed by atoms with Gasteiger partial charge >= 0.3 is 5.97 Å². The number of nitrogens with one attached hydrogen (secondary N) is 1. The van der Waals surface area contributed by atoms with Crippen LogP contribution in [0.2, 0.25) is 0 Å². The SMILES string of the molecule is CCCCCCCCCCNc1ccc(/C=C/C(=O)O)cc1. The molecule has 1 rings (SSSR count). The maximum Gasteiger partial charge on any atom is 0.328 e. The van der Waals surface area contributed by atoms with Gasteiger partial charge in [0, 0.05) is 18.3 Å². The molecule has 0 aromatic heterocycles. The largest absolute Gasteiger partial charge is 0.478 e. The van der Waals surface area contributed by atoms with Crippen LogP contribution in [0.4, 0.5) is 5.69 Å². The highest BCUT2D eigenvalue weighted by atomic mass is 16.4. The fourth-order valence-electron chi connectivity index (χ4n) is 2.37. The van der Waals surface area contributed by atoms with Gasteiger partial charge in [0.15, 0.2) is 0 Å². The molecule has 0 fully saturated rings. The topological polar surface area (TPSA) is 49.3 Å². The minimum atomic E-state index is -0.920. The normalized spacial score (nSPS) is 11.0. The van der Waals surface area contributed by atoms with Gasteiger partial charge in [-0.05, 0) is 30.2 Å². The molecular weight excluding hydrogens is 274 g/mol. The van der Waals surface area contributed by atoms with Gasteiger partial charge < -0.3 is 10.4 Å². The molecule has 0 unspecified atom stereocenters. The first kappa shape index (κ1) is 18.3. The van der Waals surface area contributed by atoms with Crippen LogP contribution < -0.4 is 5.32 Å². The van der Waals surface area contributed by atoms with E-state index < -0.39 is 5.97 Å². The molecule has 0 aliphatic heterocycles. The zero-order chi connectivity index (χ0) is 16.0. The summed E-state index contributed by atoms with van der Waals surface area (Å²) >= 11 is 0. The molecule has 122 valence electrons. The molecule has 0 atom stereocenters. The molecule has 0 aliphatic rings. The second-order valence-electron chi connectivity index (χ2n) is 5.70. The lowest BCUT2D eigenvalue weighted by atomic mass is 10.1. The predicted molar refractivity (Wildman–Crippen MR) is 94.2 cm³/mol. The Hall–Kier alpha value is -1.77. The number of carbonyl (C=O) groups is 1. The molecule has 0 spiro atoms. The highest BCUT2D eigenvalue weighted by Crippen LogP contribution is 2.12. The minimum absolute atomic E-state index is 0.903. The molecule has 0 saturated carbocycles. The third-order valence-corrected chi connectivity index (χ3v) is 3.69. The van der Waals surface area contributed by atoms with Crippen molar-refractivity contribution >= 4 is 17.7 Å².